The number of aromatic nitrogens is 4. The summed E-state index contributed by atoms with van der Waals surface area (Å²) in [5.74, 6) is 2.33. The highest BCUT2D eigenvalue weighted by Gasteiger charge is 2.07. The third-order valence-electron chi connectivity index (χ3n) is 4.32. The van der Waals surface area contributed by atoms with E-state index in [4.69, 9.17) is 4.74 Å². The van der Waals surface area contributed by atoms with Gasteiger partial charge >= 0.3 is 0 Å². The van der Waals surface area contributed by atoms with Crippen LogP contribution in [0, 0.1) is 0 Å². The van der Waals surface area contributed by atoms with Crippen LogP contribution < -0.4 is 20.7 Å². The summed E-state index contributed by atoms with van der Waals surface area (Å²) in [6, 6.07) is 7.89. The molecule has 3 aromatic rings. The van der Waals surface area contributed by atoms with Gasteiger partial charge < -0.3 is 20.7 Å². The number of aryl methyl sites for hydroxylation is 1. The molecule has 0 saturated heterocycles. The quantitative estimate of drug-likeness (QED) is 0.121. The number of aliphatic imine (C=N–C) groups is 1. The number of hydrogen-bond acceptors (Lipinski definition) is 6. The minimum absolute atomic E-state index is 0. The van der Waals surface area contributed by atoms with Crippen molar-refractivity contribution < 1.29 is 4.74 Å². The molecule has 0 amide bonds. The fourth-order valence-electron chi connectivity index (χ4n) is 2.89. The van der Waals surface area contributed by atoms with E-state index in [0.717, 1.165) is 40.7 Å². The molecule has 2 heterocycles. The Bertz CT molecular complexity index is 1000. The maximum absolute atomic E-state index is 5.71. The van der Waals surface area contributed by atoms with Crippen molar-refractivity contribution in [3.8, 4) is 5.75 Å². The predicted molar refractivity (Wildman–Crippen MR) is 135 cm³/mol. The Labute approximate surface area is 199 Å². The molecule has 0 aliphatic rings. The van der Waals surface area contributed by atoms with Gasteiger partial charge in [-0.25, -0.2) is 15.0 Å². The molecule has 0 radical (unpaired) electrons. The molecule has 3 N–H and O–H groups in total. The first-order valence-electron chi connectivity index (χ1n) is 9.93. The van der Waals surface area contributed by atoms with Crippen LogP contribution in [0.25, 0.3) is 11.0 Å². The highest BCUT2D eigenvalue weighted by Crippen LogP contribution is 2.19. The van der Waals surface area contributed by atoms with E-state index in [9.17, 15) is 0 Å². The van der Waals surface area contributed by atoms with Crippen LogP contribution in [0.15, 0.2) is 54.4 Å². The highest BCUT2D eigenvalue weighted by molar-refractivity contribution is 14.0. The van der Waals surface area contributed by atoms with Crippen LogP contribution >= 0.6 is 24.0 Å². The van der Waals surface area contributed by atoms with Crippen molar-refractivity contribution in [2.45, 2.75) is 13.5 Å². The molecule has 0 saturated carbocycles. The van der Waals surface area contributed by atoms with Gasteiger partial charge in [0.2, 0.25) is 0 Å². The molecule has 2 aromatic heterocycles. The summed E-state index contributed by atoms with van der Waals surface area (Å²) in [6.07, 6.45) is 5.04. The number of anilines is 1. The topological polar surface area (TPSA) is 101 Å². The van der Waals surface area contributed by atoms with Crippen LogP contribution in [0.1, 0.15) is 12.5 Å². The lowest BCUT2D eigenvalue weighted by atomic mass is 10.2. The minimum atomic E-state index is 0. The Morgan fingerprint density at radius 3 is 2.87 bits per heavy atom. The molecule has 0 fully saturated rings. The monoisotopic (exact) mass is 536 g/mol. The first-order chi connectivity index (χ1) is 14.7. The minimum Gasteiger partial charge on any atom is -0.489 e. The molecular formula is C21H29IN8O. The summed E-state index contributed by atoms with van der Waals surface area (Å²) in [7, 11) is 1.86. The van der Waals surface area contributed by atoms with Crippen LogP contribution in [0.3, 0.4) is 0 Å². The lowest BCUT2D eigenvalue weighted by Crippen LogP contribution is -2.39. The largest absolute Gasteiger partial charge is 0.489 e. The van der Waals surface area contributed by atoms with E-state index < -0.39 is 0 Å². The first-order valence-corrected chi connectivity index (χ1v) is 9.93. The molecule has 166 valence electrons. The van der Waals surface area contributed by atoms with Gasteiger partial charge in [-0.3, -0.25) is 4.68 Å². The van der Waals surface area contributed by atoms with Gasteiger partial charge in [0.15, 0.2) is 11.6 Å². The van der Waals surface area contributed by atoms with E-state index in [0.29, 0.717) is 26.2 Å². The smallest absolute Gasteiger partial charge is 0.191 e. The zero-order valence-electron chi connectivity index (χ0n) is 17.8. The van der Waals surface area contributed by atoms with Crippen molar-refractivity contribution in [2.75, 3.05) is 31.6 Å². The number of nitrogens with one attached hydrogen (secondary N) is 3. The Balaban J connectivity index is 0.00000341. The molecule has 0 atom stereocenters. The normalized spacial score (nSPS) is 11.0. The Morgan fingerprint density at radius 2 is 2.06 bits per heavy atom. The van der Waals surface area contributed by atoms with E-state index in [1.807, 2.05) is 38.2 Å². The van der Waals surface area contributed by atoms with Crippen LogP contribution in [-0.4, -0.2) is 51.9 Å². The molecule has 0 bridgehead atoms. The number of guanidine groups is 1. The number of ether oxygens (including phenoxy) is 1. The lowest BCUT2D eigenvalue weighted by Gasteiger charge is -2.13. The predicted octanol–water partition coefficient (Wildman–Crippen LogP) is 2.71. The van der Waals surface area contributed by atoms with Crippen LogP contribution in [-0.2, 0) is 13.6 Å². The molecular weight excluding hydrogens is 507 g/mol. The molecule has 0 aliphatic carbocycles. The van der Waals surface area contributed by atoms with Gasteiger partial charge in [0.1, 0.15) is 24.5 Å². The molecule has 0 unspecified atom stereocenters. The third-order valence-corrected chi connectivity index (χ3v) is 4.32. The maximum atomic E-state index is 5.71. The average molecular weight is 536 g/mol. The van der Waals surface area contributed by atoms with Gasteiger partial charge in [0, 0.05) is 32.2 Å². The second-order valence-corrected chi connectivity index (χ2v) is 6.48. The van der Waals surface area contributed by atoms with Gasteiger partial charge in [-0.2, -0.15) is 5.10 Å². The standard InChI is InChI=1S/C21H28N8O.HI/c1-4-12-30-18-9-7-6-8-16(18)13-25-21(22-5-2)24-11-10-23-19-17-14-28-29(3)20(17)27-15-26-19;/h4,6-9,14-15H,1,5,10-13H2,2-3H3,(H2,22,24,25)(H,23,26,27);1H. The molecule has 3 rings (SSSR count). The second kappa shape index (κ2) is 12.7. The first kappa shape index (κ1) is 24.4. The fraction of sp³-hybridized carbons (Fsp3) is 0.333. The molecule has 0 aliphatic heterocycles. The van der Waals surface area contributed by atoms with E-state index in [1.165, 1.54) is 6.33 Å². The number of halogens is 1. The Morgan fingerprint density at radius 1 is 1.23 bits per heavy atom. The molecule has 0 spiro atoms. The Hall–Kier alpha value is -2.89. The van der Waals surface area contributed by atoms with Gasteiger partial charge in [-0.05, 0) is 13.0 Å². The molecule has 9 nitrogen and oxygen atoms in total. The van der Waals surface area contributed by atoms with Gasteiger partial charge in [0.05, 0.1) is 18.1 Å². The summed E-state index contributed by atoms with van der Waals surface area (Å²) in [5, 5.41) is 15.0. The van der Waals surface area contributed by atoms with Crippen molar-refractivity contribution in [1.82, 2.24) is 30.4 Å². The number of rotatable bonds is 10. The van der Waals surface area contributed by atoms with Crippen molar-refractivity contribution in [2.24, 2.45) is 12.0 Å². The summed E-state index contributed by atoms with van der Waals surface area (Å²) in [5.41, 5.74) is 1.82. The van der Waals surface area contributed by atoms with Crippen molar-refractivity contribution in [1.29, 1.82) is 0 Å². The third kappa shape index (κ3) is 6.81. The van der Waals surface area contributed by atoms with E-state index in [1.54, 1.807) is 17.0 Å². The highest BCUT2D eigenvalue weighted by atomic mass is 127. The zero-order chi connectivity index (χ0) is 21.2. The van der Waals surface area contributed by atoms with Crippen molar-refractivity contribution in [3.63, 3.8) is 0 Å². The second-order valence-electron chi connectivity index (χ2n) is 6.48. The number of fused-ring (bicyclic) bond motifs is 1. The SMILES string of the molecule is C=CCOc1ccccc1CN=C(NCC)NCCNc1ncnc2c1cnn2C.I. The number of hydrogen-bond donors (Lipinski definition) is 3. The summed E-state index contributed by atoms with van der Waals surface area (Å²) in [4.78, 5) is 13.2. The van der Waals surface area contributed by atoms with Crippen LogP contribution in [0.4, 0.5) is 5.82 Å². The molecule has 31 heavy (non-hydrogen) atoms. The van der Waals surface area contributed by atoms with Crippen LogP contribution in [0.5, 0.6) is 5.75 Å². The fourth-order valence-corrected chi connectivity index (χ4v) is 2.89. The van der Waals surface area contributed by atoms with Crippen LogP contribution in [0.2, 0.25) is 0 Å². The van der Waals surface area contributed by atoms with E-state index in [2.05, 4.69) is 42.6 Å². The van der Waals surface area contributed by atoms with Gasteiger partial charge in [0.25, 0.3) is 0 Å². The van der Waals surface area contributed by atoms with E-state index >= 15 is 0 Å². The van der Waals surface area contributed by atoms with Gasteiger partial charge in [-0.1, -0.05) is 30.9 Å². The zero-order valence-corrected chi connectivity index (χ0v) is 20.2. The Kier molecular flexibility index (Phi) is 10.0. The number of nitrogens with zero attached hydrogens (tertiary/aromatic N) is 5. The number of benzene rings is 1. The van der Waals surface area contributed by atoms with Crippen molar-refractivity contribution >= 4 is 46.8 Å². The molecule has 10 heteroatoms. The summed E-state index contributed by atoms with van der Waals surface area (Å²) < 4.78 is 7.44. The maximum Gasteiger partial charge on any atom is 0.191 e. The lowest BCUT2D eigenvalue weighted by molar-refractivity contribution is 0.359. The molecule has 1 aromatic carbocycles. The summed E-state index contributed by atoms with van der Waals surface area (Å²) >= 11 is 0. The van der Waals surface area contributed by atoms with E-state index in [-0.39, 0.29) is 24.0 Å². The van der Waals surface area contributed by atoms with Gasteiger partial charge in [-0.15, -0.1) is 24.0 Å². The number of para-hydroxylation sites is 1. The average Bonchev–Trinajstić information content (AvgIpc) is 3.15. The van der Waals surface area contributed by atoms with Crippen molar-refractivity contribution in [3.05, 3.63) is 55.0 Å². The summed E-state index contributed by atoms with van der Waals surface area (Å²) in [6.45, 7) is 8.83.